The van der Waals surface area contributed by atoms with Crippen molar-refractivity contribution in [2.45, 2.75) is 45.1 Å². The quantitative estimate of drug-likeness (QED) is 0.742. The van der Waals surface area contributed by atoms with Gasteiger partial charge >= 0.3 is 0 Å². The van der Waals surface area contributed by atoms with Gasteiger partial charge in [-0.1, -0.05) is 12.1 Å². The molecule has 0 saturated heterocycles. The molecule has 7 heteroatoms. The Labute approximate surface area is 163 Å². The van der Waals surface area contributed by atoms with E-state index < -0.39 is 15.6 Å². The Kier molecular flexibility index (Phi) is 5.95. The van der Waals surface area contributed by atoms with E-state index >= 15 is 0 Å². The number of carbonyl (C=O) groups excluding carboxylic acids is 1. The summed E-state index contributed by atoms with van der Waals surface area (Å²) in [5.41, 5.74) is 2.09. The maximum atomic E-state index is 12.7. The van der Waals surface area contributed by atoms with Gasteiger partial charge in [-0.15, -0.1) is 0 Å². The molecular weight excluding hydrogens is 416 g/mol. The third-order valence-corrected chi connectivity index (χ3v) is 5.99. The van der Waals surface area contributed by atoms with Gasteiger partial charge in [0.25, 0.3) is 5.91 Å². The van der Waals surface area contributed by atoms with Crippen LogP contribution in [-0.2, 0) is 10.0 Å². The first kappa shape index (κ1) is 20.6. The normalized spacial score (nSPS) is 12.1. The fourth-order valence-corrected chi connectivity index (χ4v) is 4.42. The average Bonchev–Trinajstić information content (AvgIpc) is 2.47. The summed E-state index contributed by atoms with van der Waals surface area (Å²) in [6, 6.07) is 10.1. The number of hydrogen-bond acceptors (Lipinski definition) is 3. The second kappa shape index (κ2) is 7.50. The topological polar surface area (TPSA) is 75.3 Å². The zero-order valence-electron chi connectivity index (χ0n) is 15.5. The van der Waals surface area contributed by atoms with E-state index in [0.717, 1.165) is 10.0 Å². The lowest BCUT2D eigenvalue weighted by molar-refractivity contribution is 0.102. The van der Waals surface area contributed by atoms with Crippen LogP contribution < -0.4 is 10.0 Å². The molecule has 0 aliphatic rings. The molecule has 2 N–H and O–H groups in total. The summed E-state index contributed by atoms with van der Waals surface area (Å²) in [5.74, 6) is -0.361. The molecule has 0 unspecified atom stereocenters. The number of sulfonamides is 1. The first-order valence-corrected chi connectivity index (χ1v) is 10.4. The highest BCUT2D eigenvalue weighted by molar-refractivity contribution is 9.10. The first-order valence-electron chi connectivity index (χ1n) is 8.11. The third kappa shape index (κ3) is 5.16. The lowest BCUT2D eigenvalue weighted by Crippen LogP contribution is -2.40. The van der Waals surface area contributed by atoms with E-state index in [9.17, 15) is 13.2 Å². The smallest absolute Gasteiger partial charge is 0.256 e. The summed E-state index contributed by atoms with van der Waals surface area (Å²) in [4.78, 5) is 12.8. The molecule has 0 fully saturated rings. The SMILES string of the molecule is Cc1ccc(NC(=O)c2cc(S(=O)(=O)NC(C)(C)C)ccc2C)c(Br)c1. The molecule has 2 rings (SSSR count). The fourth-order valence-electron chi connectivity index (χ4n) is 2.39. The van der Waals surface area contributed by atoms with Crippen molar-refractivity contribution in [3.8, 4) is 0 Å². The summed E-state index contributed by atoms with van der Waals surface area (Å²) >= 11 is 3.43. The number of amides is 1. The molecule has 0 radical (unpaired) electrons. The maximum absolute atomic E-state index is 12.7. The Morgan fingerprint density at radius 1 is 1.04 bits per heavy atom. The van der Waals surface area contributed by atoms with E-state index in [4.69, 9.17) is 0 Å². The van der Waals surface area contributed by atoms with Gasteiger partial charge in [0.2, 0.25) is 10.0 Å². The van der Waals surface area contributed by atoms with E-state index in [1.165, 1.54) is 12.1 Å². The fraction of sp³-hybridized carbons (Fsp3) is 0.316. The Balaban J connectivity index is 2.36. The minimum Gasteiger partial charge on any atom is -0.321 e. The summed E-state index contributed by atoms with van der Waals surface area (Å²) in [6.45, 7) is 9.02. The molecule has 0 atom stereocenters. The Bertz CT molecular complexity index is 948. The first-order chi connectivity index (χ1) is 11.9. The van der Waals surface area contributed by atoms with E-state index in [0.29, 0.717) is 16.8 Å². The van der Waals surface area contributed by atoms with Crippen molar-refractivity contribution in [1.29, 1.82) is 0 Å². The third-order valence-electron chi connectivity index (χ3n) is 3.58. The molecule has 0 aliphatic carbocycles. The molecule has 0 heterocycles. The van der Waals surface area contributed by atoms with Crippen LogP contribution in [0.3, 0.4) is 0 Å². The zero-order chi connectivity index (χ0) is 19.7. The maximum Gasteiger partial charge on any atom is 0.256 e. The van der Waals surface area contributed by atoms with Gasteiger partial charge in [0, 0.05) is 15.6 Å². The zero-order valence-corrected chi connectivity index (χ0v) is 17.9. The molecule has 1 amide bonds. The second-order valence-corrected chi connectivity index (χ2v) is 9.81. The van der Waals surface area contributed by atoms with Crippen molar-refractivity contribution in [3.63, 3.8) is 0 Å². The monoisotopic (exact) mass is 438 g/mol. The van der Waals surface area contributed by atoms with Crippen molar-refractivity contribution < 1.29 is 13.2 Å². The standard InChI is InChI=1S/C19H23BrN2O3S/c1-12-6-9-17(16(20)10-12)21-18(23)15-11-14(8-7-13(15)2)26(24,25)22-19(3,4)5/h6-11,22H,1-5H3,(H,21,23). The van der Waals surface area contributed by atoms with Gasteiger partial charge in [0.1, 0.15) is 0 Å². The Morgan fingerprint density at radius 3 is 2.27 bits per heavy atom. The highest BCUT2D eigenvalue weighted by atomic mass is 79.9. The van der Waals surface area contributed by atoms with Gasteiger partial charge in [-0.05, 0) is 85.9 Å². The van der Waals surface area contributed by atoms with Crippen LogP contribution in [0.4, 0.5) is 5.69 Å². The second-order valence-electron chi connectivity index (χ2n) is 7.27. The number of anilines is 1. The minimum absolute atomic E-state index is 0.0612. The number of nitrogens with one attached hydrogen (secondary N) is 2. The van der Waals surface area contributed by atoms with Crippen LogP contribution in [0, 0.1) is 13.8 Å². The molecular formula is C19H23BrN2O3S. The van der Waals surface area contributed by atoms with Crippen molar-refractivity contribution in [1.82, 2.24) is 4.72 Å². The van der Waals surface area contributed by atoms with Crippen molar-refractivity contribution in [2.75, 3.05) is 5.32 Å². The van der Waals surface area contributed by atoms with Crippen LogP contribution in [0.25, 0.3) is 0 Å². The summed E-state index contributed by atoms with van der Waals surface area (Å²) in [5, 5.41) is 2.82. The molecule has 0 bridgehead atoms. The molecule has 0 aliphatic heterocycles. The lowest BCUT2D eigenvalue weighted by Gasteiger charge is -2.20. The van der Waals surface area contributed by atoms with E-state index in [2.05, 4.69) is 26.0 Å². The molecule has 2 aromatic carbocycles. The van der Waals surface area contributed by atoms with Gasteiger partial charge < -0.3 is 5.32 Å². The number of halogens is 1. The van der Waals surface area contributed by atoms with Gasteiger partial charge in [-0.3, -0.25) is 4.79 Å². The van der Waals surface area contributed by atoms with Crippen LogP contribution >= 0.6 is 15.9 Å². The summed E-state index contributed by atoms with van der Waals surface area (Å²) in [6.07, 6.45) is 0. The number of aryl methyl sites for hydroxylation is 2. The average molecular weight is 439 g/mol. The number of rotatable bonds is 4. The van der Waals surface area contributed by atoms with Crippen LogP contribution in [0.5, 0.6) is 0 Å². The van der Waals surface area contributed by atoms with Crippen molar-refractivity contribution >= 4 is 37.5 Å². The van der Waals surface area contributed by atoms with E-state index in [1.807, 2.05) is 19.1 Å². The van der Waals surface area contributed by atoms with Gasteiger partial charge in [-0.2, -0.15) is 0 Å². The highest BCUT2D eigenvalue weighted by Gasteiger charge is 2.23. The Morgan fingerprint density at radius 2 is 1.69 bits per heavy atom. The largest absolute Gasteiger partial charge is 0.321 e. The molecule has 26 heavy (non-hydrogen) atoms. The van der Waals surface area contributed by atoms with E-state index in [1.54, 1.807) is 39.8 Å². The van der Waals surface area contributed by atoms with Crippen LogP contribution in [0.2, 0.25) is 0 Å². The van der Waals surface area contributed by atoms with Crippen LogP contribution in [0.15, 0.2) is 45.8 Å². The predicted molar refractivity (Wildman–Crippen MR) is 108 cm³/mol. The highest BCUT2D eigenvalue weighted by Crippen LogP contribution is 2.25. The number of hydrogen-bond donors (Lipinski definition) is 2. The molecule has 140 valence electrons. The van der Waals surface area contributed by atoms with Gasteiger partial charge in [0.05, 0.1) is 10.6 Å². The van der Waals surface area contributed by atoms with Gasteiger partial charge in [-0.25, -0.2) is 13.1 Å². The molecule has 0 aromatic heterocycles. The number of carbonyl (C=O) groups is 1. The minimum atomic E-state index is -3.72. The van der Waals surface area contributed by atoms with Crippen LogP contribution in [-0.4, -0.2) is 19.9 Å². The van der Waals surface area contributed by atoms with Gasteiger partial charge in [0.15, 0.2) is 0 Å². The number of benzene rings is 2. The predicted octanol–water partition coefficient (Wildman–Crippen LogP) is 4.40. The van der Waals surface area contributed by atoms with E-state index in [-0.39, 0.29) is 10.8 Å². The van der Waals surface area contributed by atoms with Crippen molar-refractivity contribution in [3.05, 3.63) is 57.6 Å². The molecule has 0 spiro atoms. The van der Waals surface area contributed by atoms with Crippen molar-refractivity contribution in [2.24, 2.45) is 0 Å². The van der Waals surface area contributed by atoms with Crippen LogP contribution in [0.1, 0.15) is 42.3 Å². The summed E-state index contributed by atoms with van der Waals surface area (Å²) in [7, 11) is -3.72. The Hall–Kier alpha value is -1.70. The molecule has 2 aromatic rings. The molecule has 0 saturated carbocycles. The lowest BCUT2D eigenvalue weighted by atomic mass is 10.1. The summed E-state index contributed by atoms with van der Waals surface area (Å²) < 4.78 is 28.4. The molecule has 5 nitrogen and oxygen atoms in total.